The van der Waals surface area contributed by atoms with E-state index in [2.05, 4.69) is 62.2 Å². The summed E-state index contributed by atoms with van der Waals surface area (Å²) in [5.74, 6) is 0. The molecule has 1 fully saturated rings. The highest BCUT2D eigenvalue weighted by Crippen LogP contribution is 2.35. The summed E-state index contributed by atoms with van der Waals surface area (Å²) in [4.78, 5) is 0. The van der Waals surface area contributed by atoms with Crippen LogP contribution < -0.4 is 5.32 Å². The summed E-state index contributed by atoms with van der Waals surface area (Å²) >= 11 is 0. The summed E-state index contributed by atoms with van der Waals surface area (Å²) in [7, 11) is -1.58. The Morgan fingerprint density at radius 3 is 2.39 bits per heavy atom. The molecule has 0 radical (unpaired) electrons. The lowest BCUT2D eigenvalue weighted by Crippen LogP contribution is -2.50. The van der Waals surface area contributed by atoms with Crippen LogP contribution >= 0.6 is 0 Å². The van der Waals surface area contributed by atoms with E-state index in [9.17, 15) is 0 Å². The molecule has 0 aliphatic carbocycles. The van der Waals surface area contributed by atoms with Gasteiger partial charge in [0.25, 0.3) is 0 Å². The fourth-order valence-electron chi connectivity index (χ4n) is 2.89. The molecule has 2 nitrogen and oxygen atoms in total. The highest BCUT2D eigenvalue weighted by atomic mass is 28.4. The van der Waals surface area contributed by atoms with Gasteiger partial charge in [-0.2, -0.15) is 0 Å². The largest absolute Gasteiger partial charge is 0.407 e. The van der Waals surface area contributed by atoms with Gasteiger partial charge in [-0.1, -0.05) is 30.3 Å². The Morgan fingerprint density at radius 2 is 1.89 bits per heavy atom. The predicted octanol–water partition coefficient (Wildman–Crippen LogP) is 3.51. The molecule has 0 spiro atoms. The van der Waals surface area contributed by atoms with Crippen LogP contribution in [0.5, 0.6) is 0 Å². The zero-order valence-electron chi connectivity index (χ0n) is 12.0. The molecule has 2 rings (SSSR count). The Labute approximate surface area is 112 Å². The van der Waals surface area contributed by atoms with Gasteiger partial charge in [0.2, 0.25) is 0 Å². The summed E-state index contributed by atoms with van der Waals surface area (Å²) in [5, 5.41) is 3.62. The van der Waals surface area contributed by atoms with Gasteiger partial charge in [0.1, 0.15) is 0 Å². The van der Waals surface area contributed by atoms with E-state index in [0.29, 0.717) is 6.04 Å². The van der Waals surface area contributed by atoms with Gasteiger partial charge in [-0.05, 0) is 51.5 Å². The van der Waals surface area contributed by atoms with Gasteiger partial charge < -0.3 is 9.74 Å². The monoisotopic (exact) mass is 263 g/mol. The van der Waals surface area contributed by atoms with Crippen LogP contribution in [0.1, 0.15) is 25.3 Å². The summed E-state index contributed by atoms with van der Waals surface area (Å²) in [6.45, 7) is 10.2. The second-order valence-electron chi connectivity index (χ2n) is 6.34. The van der Waals surface area contributed by atoms with Gasteiger partial charge in [0.15, 0.2) is 8.32 Å². The first kappa shape index (κ1) is 13.8. The molecule has 0 amide bonds. The third-order valence-corrected chi connectivity index (χ3v) is 4.63. The smallest absolute Gasteiger partial charge is 0.185 e. The van der Waals surface area contributed by atoms with E-state index in [1.807, 2.05) is 0 Å². The molecule has 18 heavy (non-hydrogen) atoms. The van der Waals surface area contributed by atoms with Crippen LogP contribution in [0.2, 0.25) is 19.6 Å². The number of hydrogen-bond donors (Lipinski definition) is 1. The molecule has 0 bridgehead atoms. The van der Waals surface area contributed by atoms with Crippen molar-refractivity contribution < 1.29 is 4.43 Å². The average molecular weight is 263 g/mol. The van der Waals surface area contributed by atoms with Crippen molar-refractivity contribution in [2.75, 3.05) is 6.54 Å². The first-order valence-corrected chi connectivity index (χ1v) is 10.3. The second-order valence-corrected chi connectivity index (χ2v) is 10.8. The van der Waals surface area contributed by atoms with E-state index in [4.69, 9.17) is 4.43 Å². The van der Waals surface area contributed by atoms with Crippen LogP contribution in [0.15, 0.2) is 30.3 Å². The van der Waals surface area contributed by atoms with Crippen molar-refractivity contribution in [3.63, 3.8) is 0 Å². The Hall–Kier alpha value is -0.643. The minimum Gasteiger partial charge on any atom is -0.407 e. The summed E-state index contributed by atoms with van der Waals surface area (Å²) in [5.41, 5.74) is 1.11. The predicted molar refractivity (Wildman–Crippen MR) is 79.2 cm³/mol. The Kier molecular flexibility index (Phi) is 3.95. The van der Waals surface area contributed by atoms with E-state index in [1.165, 1.54) is 18.4 Å². The fourth-order valence-corrected chi connectivity index (χ4v) is 4.42. The van der Waals surface area contributed by atoms with Gasteiger partial charge in [-0.25, -0.2) is 0 Å². The maximum absolute atomic E-state index is 6.57. The van der Waals surface area contributed by atoms with Crippen molar-refractivity contribution in [2.45, 2.75) is 51.0 Å². The van der Waals surface area contributed by atoms with Gasteiger partial charge in [-0.3, -0.25) is 0 Å². The number of benzene rings is 1. The molecule has 0 aromatic heterocycles. The number of nitrogens with one attached hydrogen (secondary N) is 1. The Bertz CT molecular complexity index is 381. The van der Waals surface area contributed by atoms with Crippen molar-refractivity contribution in [3.8, 4) is 0 Å². The fraction of sp³-hybridized carbons (Fsp3) is 0.600. The maximum atomic E-state index is 6.57. The maximum Gasteiger partial charge on any atom is 0.185 e. The summed E-state index contributed by atoms with van der Waals surface area (Å²) in [6, 6.07) is 11.1. The van der Waals surface area contributed by atoms with E-state index in [0.717, 1.165) is 6.54 Å². The topological polar surface area (TPSA) is 21.3 Å². The van der Waals surface area contributed by atoms with Crippen molar-refractivity contribution in [2.24, 2.45) is 0 Å². The van der Waals surface area contributed by atoms with Crippen LogP contribution in [-0.2, 0) is 10.0 Å². The second kappa shape index (κ2) is 5.15. The molecule has 0 saturated carbocycles. The van der Waals surface area contributed by atoms with Crippen molar-refractivity contribution in [1.29, 1.82) is 0 Å². The summed E-state index contributed by atoms with van der Waals surface area (Å²) in [6.07, 6.45) is 2.46. The molecule has 1 saturated heterocycles. The van der Waals surface area contributed by atoms with Gasteiger partial charge in [-0.15, -0.1) is 0 Å². The standard InChI is InChI=1S/C15H25NOSi/c1-15(17-18(2,3)4,14-11-8-12-16-14)13-9-6-5-7-10-13/h5-7,9-10,14,16H,8,11-12H2,1-4H3/t14-,15?/m0/s1. The molecule has 1 aromatic rings. The molecule has 1 N–H and O–H groups in total. The molecule has 1 heterocycles. The Morgan fingerprint density at radius 1 is 1.22 bits per heavy atom. The van der Waals surface area contributed by atoms with Crippen LogP contribution in [-0.4, -0.2) is 20.9 Å². The highest BCUT2D eigenvalue weighted by Gasteiger charge is 2.41. The molecule has 1 aliphatic heterocycles. The van der Waals surface area contributed by atoms with Crippen molar-refractivity contribution in [1.82, 2.24) is 5.32 Å². The van der Waals surface area contributed by atoms with Gasteiger partial charge in [0.05, 0.1) is 5.60 Å². The quantitative estimate of drug-likeness (QED) is 0.839. The zero-order valence-corrected chi connectivity index (χ0v) is 13.0. The molecule has 3 heteroatoms. The zero-order chi connectivity index (χ0) is 13.2. The molecule has 1 aromatic carbocycles. The lowest BCUT2D eigenvalue weighted by Gasteiger charge is -2.41. The van der Waals surface area contributed by atoms with Crippen LogP contribution in [0.4, 0.5) is 0 Å². The molecule has 1 unspecified atom stereocenters. The molecular weight excluding hydrogens is 238 g/mol. The van der Waals surface area contributed by atoms with Crippen LogP contribution in [0, 0.1) is 0 Å². The van der Waals surface area contributed by atoms with Gasteiger partial charge in [0, 0.05) is 6.04 Å². The number of hydrogen-bond acceptors (Lipinski definition) is 2. The number of rotatable bonds is 4. The molecule has 100 valence electrons. The minimum absolute atomic E-state index is 0.192. The average Bonchev–Trinajstić information content (AvgIpc) is 2.82. The molecule has 1 aliphatic rings. The van der Waals surface area contributed by atoms with E-state index in [1.54, 1.807) is 0 Å². The first-order valence-electron chi connectivity index (χ1n) is 6.91. The first-order chi connectivity index (χ1) is 8.42. The van der Waals surface area contributed by atoms with Crippen LogP contribution in [0.3, 0.4) is 0 Å². The van der Waals surface area contributed by atoms with E-state index < -0.39 is 8.32 Å². The lowest BCUT2D eigenvalue weighted by molar-refractivity contribution is 0.0416. The molecule has 2 atom stereocenters. The van der Waals surface area contributed by atoms with E-state index in [-0.39, 0.29) is 5.60 Å². The normalized spacial score (nSPS) is 23.9. The SMILES string of the molecule is CC(O[Si](C)(C)C)(c1ccccc1)[C@@H]1CCCN1. The minimum atomic E-state index is -1.58. The summed E-state index contributed by atoms with van der Waals surface area (Å²) < 4.78 is 6.57. The Balaban J connectivity index is 2.33. The van der Waals surface area contributed by atoms with E-state index >= 15 is 0 Å². The molecular formula is C15H25NOSi. The third kappa shape index (κ3) is 3.02. The van der Waals surface area contributed by atoms with Crippen molar-refractivity contribution in [3.05, 3.63) is 35.9 Å². The third-order valence-electron chi connectivity index (χ3n) is 3.59. The lowest BCUT2D eigenvalue weighted by atomic mass is 9.87. The van der Waals surface area contributed by atoms with Crippen molar-refractivity contribution >= 4 is 8.32 Å². The van der Waals surface area contributed by atoms with Crippen LogP contribution in [0.25, 0.3) is 0 Å². The van der Waals surface area contributed by atoms with Gasteiger partial charge >= 0.3 is 0 Å². The highest BCUT2D eigenvalue weighted by molar-refractivity contribution is 6.69.